The molecule has 0 spiro atoms. The van der Waals surface area contributed by atoms with Crippen LogP contribution in [-0.2, 0) is 9.84 Å². The fraction of sp³-hybridized carbons (Fsp3) is 0.143. The molecule has 18 heavy (non-hydrogen) atoms. The molecule has 0 saturated carbocycles. The normalized spacial score (nSPS) is 12.4. The Hall–Kier alpha value is -1.55. The number of nitrogens with two attached hydrogens (primary N) is 1. The number of halogens is 4. The van der Waals surface area contributed by atoms with Gasteiger partial charge in [-0.05, 0) is 6.07 Å². The van der Waals surface area contributed by atoms with Gasteiger partial charge in [-0.2, -0.15) is 13.2 Å². The Morgan fingerprint density at radius 1 is 1.33 bits per heavy atom. The van der Waals surface area contributed by atoms with Crippen LogP contribution in [0.3, 0.4) is 0 Å². The third-order valence-corrected chi connectivity index (χ3v) is 3.67. The summed E-state index contributed by atoms with van der Waals surface area (Å²) < 4.78 is 58.8. The molecule has 0 aromatic heterocycles. The lowest BCUT2D eigenvalue weighted by atomic mass is 10.3. The first kappa shape index (κ1) is 14.5. The lowest BCUT2D eigenvalue weighted by Gasteiger charge is -2.09. The molecule has 1 rings (SSSR count). The zero-order chi connectivity index (χ0) is 14.3. The van der Waals surface area contributed by atoms with E-state index in [4.69, 9.17) is 17.3 Å². The van der Waals surface area contributed by atoms with Crippen LogP contribution in [-0.4, -0.2) is 18.8 Å². The van der Waals surface area contributed by atoms with E-state index in [0.29, 0.717) is 6.07 Å². The summed E-state index contributed by atoms with van der Waals surface area (Å²) in [6, 6.07) is 0.622. The summed E-state index contributed by atoms with van der Waals surface area (Å²) in [5, 5.41) is 9.85. The van der Waals surface area contributed by atoms with Gasteiger partial charge in [-0.3, -0.25) is 10.1 Å². The first-order valence-corrected chi connectivity index (χ1v) is 5.89. The Morgan fingerprint density at radius 2 is 1.83 bits per heavy atom. The molecule has 0 saturated heterocycles. The highest BCUT2D eigenvalue weighted by Crippen LogP contribution is 2.37. The predicted octanol–water partition coefficient (Wildman–Crippen LogP) is 2.12. The molecule has 0 aliphatic rings. The van der Waals surface area contributed by atoms with Crippen LogP contribution in [0.2, 0.25) is 5.02 Å². The Bertz CT molecular complexity index is 614. The molecule has 2 N–H and O–H groups in total. The van der Waals surface area contributed by atoms with E-state index in [9.17, 15) is 31.7 Å². The molecular formula is C7H4ClF3N2O4S. The van der Waals surface area contributed by atoms with Gasteiger partial charge in [0.1, 0.15) is 5.69 Å². The summed E-state index contributed by atoms with van der Waals surface area (Å²) in [7, 11) is -5.72. The van der Waals surface area contributed by atoms with Crippen molar-refractivity contribution < 1.29 is 26.5 Å². The van der Waals surface area contributed by atoms with E-state index in [0.717, 1.165) is 0 Å². The van der Waals surface area contributed by atoms with Gasteiger partial charge in [0.2, 0.25) is 0 Å². The Labute approximate surface area is 103 Å². The second kappa shape index (κ2) is 4.28. The predicted molar refractivity (Wildman–Crippen MR) is 55.8 cm³/mol. The smallest absolute Gasteiger partial charge is 0.392 e. The average Bonchev–Trinajstić information content (AvgIpc) is 2.19. The lowest BCUT2D eigenvalue weighted by Crippen LogP contribution is -2.23. The summed E-state index contributed by atoms with van der Waals surface area (Å²) in [6.07, 6.45) is 0. The van der Waals surface area contributed by atoms with Crippen LogP contribution in [0.25, 0.3) is 0 Å². The van der Waals surface area contributed by atoms with Gasteiger partial charge < -0.3 is 5.73 Å². The van der Waals surface area contributed by atoms with Crippen molar-refractivity contribution in [2.24, 2.45) is 0 Å². The highest BCUT2D eigenvalue weighted by Gasteiger charge is 2.47. The van der Waals surface area contributed by atoms with Crippen molar-refractivity contribution in [2.75, 3.05) is 5.73 Å². The van der Waals surface area contributed by atoms with Gasteiger partial charge in [-0.1, -0.05) is 11.6 Å². The van der Waals surface area contributed by atoms with Crippen LogP contribution in [0.5, 0.6) is 0 Å². The van der Waals surface area contributed by atoms with E-state index in [-0.39, 0.29) is 6.07 Å². The van der Waals surface area contributed by atoms with Gasteiger partial charge in [0.05, 0.1) is 14.8 Å². The number of benzene rings is 1. The number of nitro groups is 1. The van der Waals surface area contributed by atoms with Crippen molar-refractivity contribution in [3.8, 4) is 0 Å². The molecule has 11 heteroatoms. The second-order valence-corrected chi connectivity index (χ2v) is 5.39. The third-order valence-electron chi connectivity index (χ3n) is 1.89. The number of hydrogen-bond acceptors (Lipinski definition) is 5. The van der Waals surface area contributed by atoms with Gasteiger partial charge in [-0.15, -0.1) is 0 Å². The Morgan fingerprint density at radius 3 is 2.22 bits per heavy atom. The van der Waals surface area contributed by atoms with Gasteiger partial charge >= 0.3 is 5.51 Å². The van der Waals surface area contributed by atoms with Gasteiger partial charge in [0, 0.05) is 6.07 Å². The Balaban J connectivity index is 3.61. The summed E-state index contributed by atoms with van der Waals surface area (Å²) in [5.41, 5.74) is -2.05. The number of nitro benzene ring substituents is 1. The van der Waals surface area contributed by atoms with E-state index < -0.39 is 41.6 Å². The fourth-order valence-corrected chi connectivity index (χ4v) is 2.11. The SMILES string of the molecule is Nc1c(Cl)cc(S(=O)(=O)C(F)(F)F)cc1[N+](=O)[O-]. The molecule has 0 unspecified atom stereocenters. The zero-order valence-corrected chi connectivity index (χ0v) is 9.80. The van der Waals surface area contributed by atoms with Crippen LogP contribution in [0.4, 0.5) is 24.5 Å². The van der Waals surface area contributed by atoms with E-state index in [1.165, 1.54) is 0 Å². The lowest BCUT2D eigenvalue weighted by molar-refractivity contribution is -0.384. The molecule has 0 amide bonds. The number of rotatable bonds is 2. The molecule has 0 heterocycles. The maximum atomic E-state index is 12.3. The summed E-state index contributed by atoms with van der Waals surface area (Å²) in [6.45, 7) is 0. The molecule has 0 fully saturated rings. The maximum absolute atomic E-state index is 12.3. The van der Waals surface area contributed by atoms with Crippen molar-refractivity contribution in [3.63, 3.8) is 0 Å². The largest absolute Gasteiger partial charge is 0.501 e. The van der Waals surface area contributed by atoms with Crippen molar-refractivity contribution in [2.45, 2.75) is 10.4 Å². The van der Waals surface area contributed by atoms with Crippen LogP contribution >= 0.6 is 11.6 Å². The first-order valence-electron chi connectivity index (χ1n) is 4.03. The van der Waals surface area contributed by atoms with E-state index >= 15 is 0 Å². The van der Waals surface area contributed by atoms with E-state index in [1.54, 1.807) is 0 Å². The molecule has 0 atom stereocenters. The van der Waals surface area contributed by atoms with Gasteiger partial charge in [0.15, 0.2) is 0 Å². The second-order valence-electron chi connectivity index (χ2n) is 3.04. The minimum Gasteiger partial charge on any atom is -0.392 e. The highest BCUT2D eigenvalue weighted by molar-refractivity contribution is 7.92. The Kier molecular flexibility index (Phi) is 3.45. The standard InChI is InChI=1S/C7H4ClF3N2O4S/c8-4-1-3(18(16,17)7(9,10)11)2-5(6(4)12)13(14)15/h1-2H,12H2. The first-order chi connectivity index (χ1) is 7.98. The monoisotopic (exact) mass is 304 g/mol. The molecule has 0 aliphatic heterocycles. The van der Waals surface area contributed by atoms with Gasteiger partial charge in [0.25, 0.3) is 15.5 Å². The molecule has 0 bridgehead atoms. The molecule has 0 aliphatic carbocycles. The topological polar surface area (TPSA) is 103 Å². The molecule has 6 nitrogen and oxygen atoms in total. The zero-order valence-electron chi connectivity index (χ0n) is 8.23. The molecule has 1 aromatic rings. The van der Waals surface area contributed by atoms with Gasteiger partial charge in [-0.25, -0.2) is 8.42 Å². The molecule has 100 valence electrons. The van der Waals surface area contributed by atoms with Crippen molar-refractivity contribution in [1.29, 1.82) is 0 Å². The van der Waals surface area contributed by atoms with E-state index in [1.807, 2.05) is 0 Å². The number of alkyl halides is 3. The van der Waals surface area contributed by atoms with Crippen LogP contribution in [0.15, 0.2) is 17.0 Å². The quantitative estimate of drug-likeness (QED) is 0.512. The summed E-state index contributed by atoms with van der Waals surface area (Å²) in [4.78, 5) is 8.03. The van der Waals surface area contributed by atoms with Crippen LogP contribution in [0.1, 0.15) is 0 Å². The minimum absolute atomic E-state index is 0.212. The average molecular weight is 305 g/mol. The van der Waals surface area contributed by atoms with E-state index in [2.05, 4.69) is 0 Å². The number of nitrogens with zero attached hydrogens (tertiary/aromatic N) is 1. The van der Waals surface area contributed by atoms with Crippen LogP contribution < -0.4 is 5.73 Å². The van der Waals surface area contributed by atoms with Crippen molar-refractivity contribution in [1.82, 2.24) is 0 Å². The number of sulfone groups is 1. The van der Waals surface area contributed by atoms with Crippen molar-refractivity contribution in [3.05, 3.63) is 27.3 Å². The van der Waals surface area contributed by atoms with Crippen LogP contribution in [0, 0.1) is 10.1 Å². The molecule has 0 radical (unpaired) electrons. The number of anilines is 1. The highest BCUT2D eigenvalue weighted by atomic mass is 35.5. The third kappa shape index (κ3) is 2.34. The minimum atomic E-state index is -5.72. The van der Waals surface area contributed by atoms with Crippen molar-refractivity contribution >= 4 is 32.8 Å². The molecular weight excluding hydrogens is 301 g/mol. The summed E-state index contributed by atoms with van der Waals surface area (Å²) >= 11 is 5.36. The fourth-order valence-electron chi connectivity index (χ4n) is 1.02. The number of hydrogen-bond donors (Lipinski definition) is 1. The number of nitrogen functional groups attached to an aromatic ring is 1. The maximum Gasteiger partial charge on any atom is 0.501 e. The molecule has 1 aromatic carbocycles. The summed E-state index contributed by atoms with van der Waals surface area (Å²) in [5.74, 6) is 0.